The van der Waals surface area contributed by atoms with Crippen LogP contribution in [0.1, 0.15) is 5.56 Å². The lowest BCUT2D eigenvalue weighted by atomic mass is 10.1. The van der Waals surface area contributed by atoms with Crippen LogP contribution in [0, 0.1) is 0 Å². The number of rotatable bonds is 7. The van der Waals surface area contributed by atoms with Gasteiger partial charge in [0.05, 0.1) is 7.11 Å². The molecule has 28 heavy (non-hydrogen) atoms. The number of pyridine rings is 1. The van der Waals surface area contributed by atoms with Gasteiger partial charge in [0, 0.05) is 24.2 Å². The van der Waals surface area contributed by atoms with Gasteiger partial charge in [-0.05, 0) is 35.6 Å². The zero-order valence-corrected chi connectivity index (χ0v) is 15.6. The van der Waals surface area contributed by atoms with E-state index in [-0.39, 0.29) is 0 Å². The number of methoxy groups -OCH3 is 1. The van der Waals surface area contributed by atoms with E-state index in [0.717, 1.165) is 41.1 Å². The average Bonchev–Trinajstić information content (AvgIpc) is 2.75. The summed E-state index contributed by atoms with van der Waals surface area (Å²) in [5.41, 5.74) is 1.24. The van der Waals surface area contributed by atoms with E-state index in [4.69, 9.17) is 4.74 Å². The molecule has 0 aliphatic heterocycles. The largest absolute Gasteiger partial charge is 0.497 e. The number of nitrogens with zero attached hydrogens (tertiary/aromatic N) is 3. The topological polar surface area (TPSA) is 72.0 Å². The van der Waals surface area contributed by atoms with Crippen molar-refractivity contribution in [2.75, 3.05) is 24.3 Å². The molecule has 0 amide bonds. The Morgan fingerprint density at radius 1 is 0.893 bits per heavy atom. The third-order valence-corrected chi connectivity index (χ3v) is 4.47. The maximum atomic E-state index is 5.19. The van der Waals surface area contributed by atoms with Gasteiger partial charge in [-0.1, -0.05) is 36.4 Å². The van der Waals surface area contributed by atoms with E-state index in [1.165, 1.54) is 5.56 Å². The Morgan fingerprint density at radius 2 is 1.71 bits per heavy atom. The highest BCUT2D eigenvalue weighted by molar-refractivity contribution is 5.92. The molecule has 4 aromatic rings. The van der Waals surface area contributed by atoms with Crippen molar-refractivity contribution >= 4 is 28.2 Å². The van der Waals surface area contributed by atoms with E-state index in [9.17, 15) is 0 Å². The fourth-order valence-corrected chi connectivity index (χ4v) is 2.99. The number of aromatic nitrogens is 3. The predicted molar refractivity (Wildman–Crippen MR) is 112 cm³/mol. The number of anilines is 3. The van der Waals surface area contributed by atoms with E-state index >= 15 is 0 Å². The summed E-state index contributed by atoms with van der Waals surface area (Å²) in [7, 11) is 1.67. The van der Waals surface area contributed by atoms with Crippen molar-refractivity contribution in [1.29, 1.82) is 0 Å². The summed E-state index contributed by atoms with van der Waals surface area (Å²) in [5, 5.41) is 8.82. The summed E-state index contributed by atoms with van der Waals surface area (Å²) in [6, 6.07) is 20.1. The molecule has 6 nitrogen and oxygen atoms in total. The minimum Gasteiger partial charge on any atom is -0.497 e. The molecule has 0 spiro atoms. The molecule has 0 aliphatic rings. The Kier molecular flexibility index (Phi) is 5.29. The Labute approximate surface area is 163 Å². The Balaban J connectivity index is 1.41. The first kappa shape index (κ1) is 17.7. The monoisotopic (exact) mass is 371 g/mol. The number of nitrogens with one attached hydrogen (secondary N) is 2. The number of ether oxygens (including phenoxy) is 1. The molecule has 2 aromatic carbocycles. The molecular formula is C22H21N5O. The summed E-state index contributed by atoms with van der Waals surface area (Å²) < 4.78 is 5.19. The number of fused-ring (bicyclic) bond motifs is 1. The quantitative estimate of drug-likeness (QED) is 0.501. The minimum absolute atomic E-state index is 0.700. The van der Waals surface area contributed by atoms with Gasteiger partial charge < -0.3 is 15.4 Å². The number of benzene rings is 2. The zero-order valence-electron chi connectivity index (χ0n) is 15.6. The Morgan fingerprint density at radius 3 is 2.57 bits per heavy atom. The lowest BCUT2D eigenvalue weighted by molar-refractivity contribution is 0.414. The molecular weight excluding hydrogens is 350 g/mol. The average molecular weight is 371 g/mol. The molecule has 2 N–H and O–H groups in total. The van der Waals surface area contributed by atoms with E-state index in [1.54, 1.807) is 19.6 Å². The summed E-state index contributed by atoms with van der Waals surface area (Å²) >= 11 is 0. The van der Waals surface area contributed by atoms with Gasteiger partial charge in [-0.3, -0.25) is 0 Å². The van der Waals surface area contributed by atoms with Crippen LogP contribution < -0.4 is 15.4 Å². The molecule has 140 valence electrons. The fourth-order valence-electron chi connectivity index (χ4n) is 2.99. The molecule has 0 saturated carbocycles. The molecule has 6 heteroatoms. The molecule has 0 radical (unpaired) electrons. The number of hydrogen-bond donors (Lipinski definition) is 2. The molecule has 2 aromatic heterocycles. The summed E-state index contributed by atoms with van der Waals surface area (Å²) in [6.07, 6.45) is 4.23. The molecule has 0 saturated heterocycles. The van der Waals surface area contributed by atoms with Crippen molar-refractivity contribution in [3.63, 3.8) is 0 Å². The Hall–Kier alpha value is -3.67. The second-order valence-electron chi connectivity index (χ2n) is 6.32. The van der Waals surface area contributed by atoms with Crippen LogP contribution in [-0.4, -0.2) is 28.6 Å². The fraction of sp³-hybridized carbons (Fsp3) is 0.136. The first-order chi connectivity index (χ1) is 13.8. The van der Waals surface area contributed by atoms with Gasteiger partial charge in [-0.25, -0.2) is 15.0 Å². The van der Waals surface area contributed by atoms with Crippen LogP contribution in [0.25, 0.3) is 10.8 Å². The van der Waals surface area contributed by atoms with Crippen LogP contribution in [0.4, 0.5) is 17.5 Å². The molecule has 0 atom stereocenters. The summed E-state index contributed by atoms with van der Waals surface area (Å²) in [5.74, 6) is 3.11. The smallest absolute Gasteiger partial charge is 0.139 e. The standard InChI is InChI=1S/C22H21N5O/c1-28-18-8-6-16(7-9-18)10-12-23-20-14-21(26-15-25-20)27-22-19-5-3-2-4-17(19)11-13-24-22/h2-9,11,13-15H,10,12H2,1H3,(H2,23,24,25,26,27). The van der Waals surface area contributed by atoms with Crippen molar-refractivity contribution in [3.8, 4) is 5.75 Å². The lowest BCUT2D eigenvalue weighted by Gasteiger charge is -2.10. The molecule has 0 unspecified atom stereocenters. The second-order valence-corrected chi connectivity index (χ2v) is 6.32. The lowest BCUT2D eigenvalue weighted by Crippen LogP contribution is -2.07. The molecule has 4 rings (SSSR count). The maximum Gasteiger partial charge on any atom is 0.139 e. The van der Waals surface area contributed by atoms with Crippen molar-refractivity contribution in [2.45, 2.75) is 6.42 Å². The van der Waals surface area contributed by atoms with Crippen molar-refractivity contribution in [1.82, 2.24) is 15.0 Å². The normalized spacial score (nSPS) is 10.6. The molecule has 0 fully saturated rings. The van der Waals surface area contributed by atoms with Gasteiger partial charge in [0.25, 0.3) is 0 Å². The predicted octanol–water partition coefficient (Wildman–Crippen LogP) is 4.43. The van der Waals surface area contributed by atoms with Crippen LogP contribution in [0.15, 0.2) is 73.2 Å². The first-order valence-electron chi connectivity index (χ1n) is 9.11. The molecule has 0 bridgehead atoms. The SMILES string of the molecule is COc1ccc(CCNc2cc(Nc3nccc4ccccc34)ncn2)cc1. The van der Waals surface area contributed by atoms with E-state index in [2.05, 4.69) is 43.8 Å². The van der Waals surface area contributed by atoms with Crippen LogP contribution in [0.3, 0.4) is 0 Å². The van der Waals surface area contributed by atoms with E-state index in [0.29, 0.717) is 5.82 Å². The highest BCUT2D eigenvalue weighted by atomic mass is 16.5. The van der Waals surface area contributed by atoms with E-state index in [1.807, 2.05) is 42.5 Å². The Bertz CT molecular complexity index is 1060. The number of hydrogen-bond acceptors (Lipinski definition) is 6. The maximum absolute atomic E-state index is 5.19. The third kappa shape index (κ3) is 4.17. The summed E-state index contributed by atoms with van der Waals surface area (Å²) in [6.45, 7) is 0.773. The minimum atomic E-state index is 0.700. The third-order valence-electron chi connectivity index (χ3n) is 4.47. The second kappa shape index (κ2) is 8.35. The highest BCUT2D eigenvalue weighted by Gasteiger charge is 2.04. The zero-order chi connectivity index (χ0) is 19.2. The van der Waals surface area contributed by atoms with Crippen LogP contribution in [0.2, 0.25) is 0 Å². The van der Waals surface area contributed by atoms with E-state index < -0.39 is 0 Å². The van der Waals surface area contributed by atoms with Gasteiger partial charge >= 0.3 is 0 Å². The van der Waals surface area contributed by atoms with Crippen LogP contribution in [-0.2, 0) is 6.42 Å². The molecule has 2 heterocycles. The highest BCUT2D eigenvalue weighted by Crippen LogP contribution is 2.23. The van der Waals surface area contributed by atoms with Gasteiger partial charge in [-0.2, -0.15) is 0 Å². The van der Waals surface area contributed by atoms with Gasteiger partial charge in [0.15, 0.2) is 0 Å². The van der Waals surface area contributed by atoms with Gasteiger partial charge in [0.2, 0.25) is 0 Å². The van der Waals surface area contributed by atoms with Crippen molar-refractivity contribution < 1.29 is 4.74 Å². The van der Waals surface area contributed by atoms with Crippen LogP contribution in [0.5, 0.6) is 5.75 Å². The van der Waals surface area contributed by atoms with Crippen LogP contribution >= 0.6 is 0 Å². The summed E-state index contributed by atoms with van der Waals surface area (Å²) in [4.78, 5) is 13.1. The van der Waals surface area contributed by atoms with Crippen molar-refractivity contribution in [2.24, 2.45) is 0 Å². The first-order valence-corrected chi connectivity index (χ1v) is 9.11. The van der Waals surface area contributed by atoms with Gasteiger partial charge in [-0.15, -0.1) is 0 Å². The van der Waals surface area contributed by atoms with Gasteiger partial charge in [0.1, 0.15) is 29.5 Å². The van der Waals surface area contributed by atoms with Crippen molar-refractivity contribution in [3.05, 3.63) is 78.8 Å². The molecule has 0 aliphatic carbocycles.